The maximum absolute atomic E-state index is 14.3. The van der Waals surface area contributed by atoms with Crippen LogP contribution < -0.4 is 5.32 Å². The van der Waals surface area contributed by atoms with Crippen LogP contribution in [0.2, 0.25) is 0 Å². The van der Waals surface area contributed by atoms with Crippen LogP contribution in [0, 0.1) is 18.7 Å². The lowest BCUT2D eigenvalue weighted by Crippen LogP contribution is -2.39. The lowest BCUT2D eigenvalue weighted by Gasteiger charge is -2.21. The summed E-state index contributed by atoms with van der Waals surface area (Å²) in [6.45, 7) is 4.27. The van der Waals surface area contributed by atoms with Gasteiger partial charge in [0.15, 0.2) is 0 Å². The third kappa shape index (κ3) is 3.30. The molecule has 26 heavy (non-hydrogen) atoms. The Morgan fingerprint density at radius 2 is 2.15 bits per heavy atom. The molecule has 2 aromatic rings. The largest absolute Gasteiger partial charge is 0.347 e. The SMILES string of the molecule is Cc1nc2cc(C(=O)NC3CC(C)N(C(=O)CC4CC4)C3)c(F)cc2[nH]1. The fourth-order valence-electron chi connectivity index (χ4n) is 3.76. The molecule has 1 aliphatic carbocycles. The van der Waals surface area contributed by atoms with Crippen molar-refractivity contribution in [3.8, 4) is 0 Å². The molecule has 2 unspecified atom stereocenters. The Morgan fingerprint density at radius 3 is 2.88 bits per heavy atom. The zero-order chi connectivity index (χ0) is 18.4. The fraction of sp³-hybridized carbons (Fsp3) is 0.526. The standard InChI is InChI=1S/C19H23FN4O2/c1-10-5-13(9-24(10)18(25)6-12-3-4-12)23-19(26)14-7-16-17(8-15(14)20)22-11(2)21-16/h7-8,10,12-13H,3-6,9H2,1-2H3,(H,21,22)(H,23,26). The summed E-state index contributed by atoms with van der Waals surface area (Å²) in [6, 6.07) is 2.70. The van der Waals surface area contributed by atoms with Crippen molar-refractivity contribution in [2.45, 2.75) is 51.6 Å². The number of halogens is 1. The number of aromatic nitrogens is 2. The first kappa shape index (κ1) is 17.0. The van der Waals surface area contributed by atoms with E-state index < -0.39 is 11.7 Å². The third-order valence-electron chi connectivity index (χ3n) is 5.32. The second-order valence-electron chi connectivity index (χ2n) is 7.62. The number of hydrogen-bond acceptors (Lipinski definition) is 3. The van der Waals surface area contributed by atoms with Gasteiger partial charge in [-0.3, -0.25) is 9.59 Å². The Balaban J connectivity index is 1.44. The highest BCUT2D eigenvalue weighted by Gasteiger charge is 2.36. The molecule has 2 N–H and O–H groups in total. The van der Waals surface area contributed by atoms with Crippen LogP contribution in [0.3, 0.4) is 0 Å². The zero-order valence-corrected chi connectivity index (χ0v) is 15.0. The van der Waals surface area contributed by atoms with Crippen LogP contribution in [0.15, 0.2) is 12.1 Å². The number of nitrogens with zero attached hydrogens (tertiary/aromatic N) is 2. The van der Waals surface area contributed by atoms with Crippen LogP contribution in [0.1, 0.15) is 48.8 Å². The van der Waals surface area contributed by atoms with Gasteiger partial charge in [-0.15, -0.1) is 0 Å². The molecular formula is C19H23FN4O2. The normalized spacial score (nSPS) is 22.8. The van der Waals surface area contributed by atoms with Crippen molar-refractivity contribution in [1.82, 2.24) is 20.2 Å². The molecule has 138 valence electrons. The first-order valence-electron chi connectivity index (χ1n) is 9.17. The fourth-order valence-corrected chi connectivity index (χ4v) is 3.76. The van der Waals surface area contributed by atoms with Gasteiger partial charge in [0.05, 0.1) is 16.6 Å². The highest BCUT2D eigenvalue weighted by Crippen LogP contribution is 2.34. The van der Waals surface area contributed by atoms with Crippen LogP contribution in [0.5, 0.6) is 0 Å². The minimum atomic E-state index is -0.577. The maximum Gasteiger partial charge on any atom is 0.254 e. The summed E-state index contributed by atoms with van der Waals surface area (Å²) < 4.78 is 14.3. The number of hydrogen-bond donors (Lipinski definition) is 2. The van der Waals surface area contributed by atoms with E-state index in [2.05, 4.69) is 15.3 Å². The molecule has 2 fully saturated rings. The number of rotatable bonds is 4. The number of fused-ring (bicyclic) bond motifs is 1. The quantitative estimate of drug-likeness (QED) is 0.882. The highest BCUT2D eigenvalue weighted by molar-refractivity contribution is 5.98. The van der Waals surface area contributed by atoms with Crippen LogP contribution >= 0.6 is 0 Å². The first-order valence-corrected chi connectivity index (χ1v) is 9.17. The van der Waals surface area contributed by atoms with Crippen molar-refractivity contribution in [3.05, 3.63) is 29.3 Å². The number of H-pyrrole nitrogens is 1. The number of imidazole rings is 1. The summed E-state index contributed by atoms with van der Waals surface area (Å²) in [4.78, 5) is 34.0. The zero-order valence-electron chi connectivity index (χ0n) is 15.0. The number of aromatic amines is 1. The summed E-state index contributed by atoms with van der Waals surface area (Å²) in [6.07, 6.45) is 3.58. The number of amides is 2. The Hall–Kier alpha value is -2.44. The Labute approximate surface area is 151 Å². The van der Waals surface area contributed by atoms with E-state index in [-0.39, 0.29) is 23.6 Å². The molecule has 2 aliphatic rings. The van der Waals surface area contributed by atoms with E-state index in [9.17, 15) is 14.0 Å². The van der Waals surface area contributed by atoms with Gasteiger partial charge < -0.3 is 15.2 Å². The molecule has 1 aromatic carbocycles. The maximum atomic E-state index is 14.3. The second kappa shape index (κ2) is 6.37. The smallest absolute Gasteiger partial charge is 0.254 e. The van der Waals surface area contributed by atoms with Crippen LogP contribution in [-0.2, 0) is 4.79 Å². The topological polar surface area (TPSA) is 78.1 Å². The Morgan fingerprint density at radius 1 is 1.38 bits per heavy atom. The second-order valence-corrected chi connectivity index (χ2v) is 7.62. The van der Waals surface area contributed by atoms with Crippen molar-refractivity contribution in [2.24, 2.45) is 5.92 Å². The molecule has 2 amide bonds. The van der Waals surface area contributed by atoms with Gasteiger partial charge >= 0.3 is 0 Å². The Bertz CT molecular complexity index is 874. The van der Waals surface area contributed by atoms with Crippen molar-refractivity contribution in [3.63, 3.8) is 0 Å². The molecule has 0 bridgehead atoms. The number of aryl methyl sites for hydroxylation is 1. The predicted octanol–water partition coefficient (Wildman–Crippen LogP) is 2.53. The van der Waals surface area contributed by atoms with Gasteiger partial charge in [-0.1, -0.05) is 0 Å². The van der Waals surface area contributed by atoms with E-state index in [0.29, 0.717) is 42.2 Å². The van der Waals surface area contributed by atoms with E-state index in [0.717, 1.165) is 12.8 Å². The minimum Gasteiger partial charge on any atom is -0.347 e. The van der Waals surface area contributed by atoms with Crippen molar-refractivity contribution in [1.29, 1.82) is 0 Å². The summed E-state index contributed by atoms with van der Waals surface area (Å²) in [5.74, 6) is 0.342. The van der Waals surface area contributed by atoms with Gasteiger partial charge in [0.2, 0.25) is 5.91 Å². The Kier molecular flexibility index (Phi) is 4.17. The lowest BCUT2D eigenvalue weighted by molar-refractivity contribution is -0.132. The van der Waals surface area contributed by atoms with E-state index in [1.807, 2.05) is 11.8 Å². The molecule has 7 heteroatoms. The van der Waals surface area contributed by atoms with E-state index in [4.69, 9.17) is 0 Å². The van der Waals surface area contributed by atoms with Gasteiger partial charge in [0.25, 0.3) is 5.91 Å². The molecule has 2 atom stereocenters. The van der Waals surface area contributed by atoms with Crippen LogP contribution in [-0.4, -0.2) is 45.3 Å². The first-order chi connectivity index (χ1) is 12.4. The van der Waals surface area contributed by atoms with Gasteiger partial charge in [-0.05, 0) is 45.1 Å². The van der Waals surface area contributed by atoms with Crippen molar-refractivity contribution in [2.75, 3.05) is 6.54 Å². The number of carbonyl (C=O) groups is 2. The molecule has 2 heterocycles. The van der Waals surface area contributed by atoms with Crippen molar-refractivity contribution >= 4 is 22.8 Å². The van der Waals surface area contributed by atoms with Gasteiger partial charge in [-0.2, -0.15) is 0 Å². The predicted molar refractivity (Wildman–Crippen MR) is 95.2 cm³/mol. The van der Waals surface area contributed by atoms with Gasteiger partial charge in [-0.25, -0.2) is 9.37 Å². The monoisotopic (exact) mass is 358 g/mol. The van der Waals surface area contributed by atoms with Crippen LogP contribution in [0.25, 0.3) is 11.0 Å². The van der Waals surface area contributed by atoms with Gasteiger partial charge in [0, 0.05) is 31.1 Å². The molecule has 0 spiro atoms. The van der Waals surface area contributed by atoms with Crippen molar-refractivity contribution < 1.29 is 14.0 Å². The average molecular weight is 358 g/mol. The molecule has 1 aliphatic heterocycles. The minimum absolute atomic E-state index is 0.0144. The average Bonchev–Trinajstić information content (AvgIpc) is 3.19. The summed E-state index contributed by atoms with van der Waals surface area (Å²) in [7, 11) is 0. The summed E-state index contributed by atoms with van der Waals surface area (Å²) in [5.41, 5.74) is 1.12. The highest BCUT2D eigenvalue weighted by atomic mass is 19.1. The molecule has 1 saturated carbocycles. The lowest BCUT2D eigenvalue weighted by atomic mass is 10.1. The molecule has 1 saturated heterocycles. The molecule has 4 rings (SSSR count). The van der Waals surface area contributed by atoms with Gasteiger partial charge in [0.1, 0.15) is 11.6 Å². The van der Waals surface area contributed by atoms with E-state index in [1.54, 1.807) is 6.92 Å². The number of nitrogens with one attached hydrogen (secondary N) is 2. The number of carbonyl (C=O) groups excluding carboxylic acids is 2. The summed E-state index contributed by atoms with van der Waals surface area (Å²) >= 11 is 0. The van der Waals surface area contributed by atoms with Crippen LogP contribution in [0.4, 0.5) is 4.39 Å². The molecule has 6 nitrogen and oxygen atoms in total. The molecule has 1 aromatic heterocycles. The number of benzene rings is 1. The van der Waals surface area contributed by atoms with E-state index in [1.165, 1.54) is 12.1 Å². The number of likely N-dealkylation sites (tertiary alicyclic amines) is 1. The molecular weight excluding hydrogens is 335 g/mol. The van der Waals surface area contributed by atoms with E-state index >= 15 is 0 Å². The third-order valence-corrected chi connectivity index (χ3v) is 5.32. The molecule has 0 radical (unpaired) electrons. The summed E-state index contributed by atoms with van der Waals surface area (Å²) in [5, 5.41) is 2.88.